The normalized spacial score (nSPS) is 19.6. The van der Waals surface area contributed by atoms with Crippen molar-refractivity contribution < 1.29 is 4.79 Å². The molecule has 0 radical (unpaired) electrons. The standard InChI is InChI=1S/C10H19N3O/c11-9(14)6-7-13-10(12)8-4-2-1-3-5-8/h8H,1-7H2,(H2,11,14)(H2,12,13). The summed E-state index contributed by atoms with van der Waals surface area (Å²) in [5.74, 6) is 0.841. The highest BCUT2D eigenvalue weighted by molar-refractivity contribution is 5.83. The molecule has 0 aliphatic heterocycles. The van der Waals surface area contributed by atoms with E-state index in [0.29, 0.717) is 24.7 Å². The van der Waals surface area contributed by atoms with Crippen LogP contribution in [0.4, 0.5) is 0 Å². The predicted octanol–water partition coefficient (Wildman–Crippen LogP) is 0.799. The zero-order chi connectivity index (χ0) is 10.4. The predicted molar refractivity (Wildman–Crippen MR) is 56.9 cm³/mol. The Hall–Kier alpha value is -1.06. The van der Waals surface area contributed by atoms with E-state index in [9.17, 15) is 4.79 Å². The van der Waals surface area contributed by atoms with E-state index in [2.05, 4.69) is 4.99 Å². The lowest BCUT2D eigenvalue weighted by Crippen LogP contribution is -2.26. The van der Waals surface area contributed by atoms with Gasteiger partial charge in [-0.3, -0.25) is 9.79 Å². The highest BCUT2D eigenvalue weighted by atomic mass is 16.1. The lowest BCUT2D eigenvalue weighted by Gasteiger charge is -2.20. The van der Waals surface area contributed by atoms with Crippen LogP contribution in [0.5, 0.6) is 0 Å². The number of nitrogens with zero attached hydrogens (tertiary/aromatic N) is 1. The number of hydrogen-bond acceptors (Lipinski definition) is 2. The van der Waals surface area contributed by atoms with Crippen LogP contribution in [0.3, 0.4) is 0 Å². The Morgan fingerprint density at radius 1 is 1.21 bits per heavy atom. The molecule has 1 amide bonds. The third-order valence-electron chi connectivity index (χ3n) is 2.68. The Kier molecular flexibility index (Phi) is 4.43. The average molecular weight is 197 g/mol. The first-order chi connectivity index (χ1) is 6.70. The summed E-state index contributed by atoms with van der Waals surface area (Å²) < 4.78 is 0. The summed E-state index contributed by atoms with van der Waals surface area (Å²) in [4.78, 5) is 14.7. The van der Waals surface area contributed by atoms with Crippen LogP contribution in [0.1, 0.15) is 38.5 Å². The van der Waals surface area contributed by atoms with Crippen molar-refractivity contribution >= 4 is 11.7 Å². The molecule has 1 saturated carbocycles. The van der Waals surface area contributed by atoms with E-state index in [1.807, 2.05) is 0 Å². The van der Waals surface area contributed by atoms with Gasteiger partial charge in [0.1, 0.15) is 0 Å². The second-order valence-electron chi connectivity index (χ2n) is 3.86. The van der Waals surface area contributed by atoms with Crippen molar-refractivity contribution in [3.8, 4) is 0 Å². The number of amides is 1. The lowest BCUT2D eigenvalue weighted by molar-refractivity contribution is -0.117. The van der Waals surface area contributed by atoms with Crippen LogP contribution in [0.2, 0.25) is 0 Å². The molecular formula is C10H19N3O. The Morgan fingerprint density at radius 3 is 2.43 bits per heavy atom. The molecule has 80 valence electrons. The molecule has 1 fully saturated rings. The summed E-state index contributed by atoms with van der Waals surface area (Å²) in [5, 5.41) is 0. The topological polar surface area (TPSA) is 81.5 Å². The Balaban J connectivity index is 2.30. The van der Waals surface area contributed by atoms with Gasteiger partial charge < -0.3 is 11.5 Å². The van der Waals surface area contributed by atoms with E-state index in [1.165, 1.54) is 19.3 Å². The monoisotopic (exact) mass is 197 g/mol. The van der Waals surface area contributed by atoms with Crippen molar-refractivity contribution in [1.29, 1.82) is 0 Å². The van der Waals surface area contributed by atoms with Gasteiger partial charge >= 0.3 is 0 Å². The van der Waals surface area contributed by atoms with Crippen LogP contribution in [-0.2, 0) is 4.79 Å². The number of rotatable bonds is 4. The molecule has 0 atom stereocenters. The number of carbonyl (C=O) groups is 1. The summed E-state index contributed by atoms with van der Waals surface area (Å²) in [6, 6.07) is 0. The molecule has 0 aromatic rings. The van der Waals surface area contributed by atoms with Gasteiger partial charge in [-0.1, -0.05) is 19.3 Å². The molecule has 0 bridgehead atoms. The third-order valence-corrected chi connectivity index (χ3v) is 2.68. The van der Waals surface area contributed by atoms with E-state index in [0.717, 1.165) is 12.8 Å². The second-order valence-corrected chi connectivity index (χ2v) is 3.86. The number of nitrogens with two attached hydrogens (primary N) is 2. The van der Waals surface area contributed by atoms with Gasteiger partial charge in [-0.15, -0.1) is 0 Å². The molecule has 1 aliphatic rings. The molecular weight excluding hydrogens is 178 g/mol. The van der Waals surface area contributed by atoms with Gasteiger partial charge in [0.2, 0.25) is 5.91 Å². The van der Waals surface area contributed by atoms with Crippen molar-refractivity contribution in [2.75, 3.05) is 6.54 Å². The zero-order valence-electron chi connectivity index (χ0n) is 8.54. The molecule has 0 aromatic carbocycles. The van der Waals surface area contributed by atoms with Crippen molar-refractivity contribution in [2.24, 2.45) is 22.4 Å². The van der Waals surface area contributed by atoms with Crippen molar-refractivity contribution in [3.05, 3.63) is 0 Å². The van der Waals surface area contributed by atoms with Crippen LogP contribution in [0.25, 0.3) is 0 Å². The number of aliphatic imine (C=N–C) groups is 1. The Morgan fingerprint density at radius 2 is 1.86 bits per heavy atom. The van der Waals surface area contributed by atoms with Gasteiger partial charge in [-0.2, -0.15) is 0 Å². The average Bonchev–Trinajstić information content (AvgIpc) is 2.18. The minimum atomic E-state index is -0.315. The van der Waals surface area contributed by atoms with Crippen molar-refractivity contribution in [1.82, 2.24) is 0 Å². The molecule has 14 heavy (non-hydrogen) atoms. The highest BCUT2D eigenvalue weighted by Crippen LogP contribution is 2.23. The number of hydrogen-bond donors (Lipinski definition) is 2. The highest BCUT2D eigenvalue weighted by Gasteiger charge is 2.16. The van der Waals surface area contributed by atoms with Crippen LogP contribution in [-0.4, -0.2) is 18.3 Å². The SMILES string of the molecule is NC(=O)CCN=C(N)C1CCCCC1. The van der Waals surface area contributed by atoms with Crippen molar-refractivity contribution in [3.63, 3.8) is 0 Å². The number of amidine groups is 1. The fraction of sp³-hybridized carbons (Fsp3) is 0.800. The van der Waals surface area contributed by atoms with Gasteiger partial charge in [0.25, 0.3) is 0 Å². The summed E-state index contributed by atoms with van der Waals surface area (Å²) >= 11 is 0. The smallest absolute Gasteiger partial charge is 0.219 e. The Bertz CT molecular complexity index is 219. The van der Waals surface area contributed by atoms with E-state index in [4.69, 9.17) is 11.5 Å². The minimum Gasteiger partial charge on any atom is -0.387 e. The first-order valence-corrected chi connectivity index (χ1v) is 5.28. The molecule has 1 aliphatic carbocycles. The molecule has 4 heteroatoms. The zero-order valence-corrected chi connectivity index (χ0v) is 8.54. The van der Waals surface area contributed by atoms with E-state index in [-0.39, 0.29) is 5.91 Å². The maximum Gasteiger partial charge on any atom is 0.219 e. The van der Waals surface area contributed by atoms with Crippen molar-refractivity contribution in [2.45, 2.75) is 38.5 Å². The maximum absolute atomic E-state index is 10.5. The summed E-state index contributed by atoms with van der Waals surface area (Å²) in [5.41, 5.74) is 10.8. The van der Waals surface area contributed by atoms with Crippen LogP contribution in [0, 0.1) is 5.92 Å². The molecule has 1 rings (SSSR count). The van der Waals surface area contributed by atoms with E-state index >= 15 is 0 Å². The van der Waals surface area contributed by atoms with Gasteiger partial charge in [0.05, 0.1) is 5.84 Å². The molecule has 0 aromatic heterocycles. The minimum absolute atomic E-state index is 0.299. The Labute approximate surface area is 84.8 Å². The quantitative estimate of drug-likeness (QED) is 0.516. The lowest BCUT2D eigenvalue weighted by atomic mass is 9.88. The molecule has 0 heterocycles. The summed E-state index contributed by atoms with van der Waals surface area (Å²) in [6.45, 7) is 0.442. The molecule has 4 N–H and O–H groups in total. The van der Waals surface area contributed by atoms with Gasteiger partial charge in [0, 0.05) is 18.9 Å². The molecule has 0 saturated heterocycles. The first kappa shape index (κ1) is 11.0. The van der Waals surface area contributed by atoms with Crippen LogP contribution >= 0.6 is 0 Å². The van der Waals surface area contributed by atoms with E-state index in [1.54, 1.807) is 0 Å². The van der Waals surface area contributed by atoms with Crippen LogP contribution in [0.15, 0.2) is 4.99 Å². The first-order valence-electron chi connectivity index (χ1n) is 5.28. The molecule has 0 spiro atoms. The van der Waals surface area contributed by atoms with Gasteiger partial charge in [0.15, 0.2) is 0 Å². The van der Waals surface area contributed by atoms with E-state index < -0.39 is 0 Å². The van der Waals surface area contributed by atoms with Gasteiger partial charge in [-0.05, 0) is 12.8 Å². The summed E-state index contributed by atoms with van der Waals surface area (Å²) in [7, 11) is 0. The fourth-order valence-corrected chi connectivity index (χ4v) is 1.82. The second kappa shape index (κ2) is 5.62. The fourth-order valence-electron chi connectivity index (χ4n) is 1.82. The summed E-state index contributed by atoms with van der Waals surface area (Å²) in [6.07, 6.45) is 6.39. The largest absolute Gasteiger partial charge is 0.387 e. The van der Waals surface area contributed by atoms with Gasteiger partial charge in [-0.25, -0.2) is 0 Å². The molecule has 0 unspecified atom stereocenters. The molecule has 4 nitrogen and oxygen atoms in total. The third kappa shape index (κ3) is 3.77. The maximum atomic E-state index is 10.5. The van der Waals surface area contributed by atoms with Crippen LogP contribution < -0.4 is 11.5 Å². The number of carbonyl (C=O) groups excluding carboxylic acids is 1. The number of primary amides is 1.